The molecule has 2 aromatic carbocycles. The molecule has 3 rings (SSSR count). The molecule has 0 spiro atoms. The lowest BCUT2D eigenvalue weighted by Crippen LogP contribution is -2.02. The van der Waals surface area contributed by atoms with Crippen molar-refractivity contribution in [3.63, 3.8) is 0 Å². The maximum atomic E-state index is 5.45. The van der Waals surface area contributed by atoms with Crippen LogP contribution in [0.4, 0.5) is 5.69 Å². The van der Waals surface area contributed by atoms with Crippen molar-refractivity contribution in [1.82, 2.24) is 10.2 Å². The second-order valence-corrected chi connectivity index (χ2v) is 6.38. The normalized spacial score (nSPS) is 10.8. The zero-order valence-corrected chi connectivity index (χ0v) is 14.5. The highest BCUT2D eigenvalue weighted by Crippen LogP contribution is 2.33. The van der Waals surface area contributed by atoms with Crippen LogP contribution >= 0.6 is 31.9 Å². The monoisotopic (exact) mass is 409 g/mol. The Bertz CT molecular complexity index is 786. The van der Waals surface area contributed by atoms with Crippen molar-refractivity contribution in [2.75, 3.05) is 12.4 Å². The van der Waals surface area contributed by atoms with Crippen LogP contribution in [-0.2, 0) is 6.54 Å². The summed E-state index contributed by atoms with van der Waals surface area (Å²) in [6, 6.07) is 10.1. The standard InChI is InChI=1S/C15H13Br2N3O/c1-21-15-10(4-11(16)6-13(15)17)7-18-12-2-3-14-9(5-12)8-19-20-14/h2-6,8,18H,7H2,1H3,(H,19,20). The second kappa shape index (κ2) is 6.07. The molecule has 0 aliphatic carbocycles. The van der Waals surface area contributed by atoms with E-state index in [1.807, 2.05) is 30.5 Å². The van der Waals surface area contributed by atoms with Crippen LogP contribution in [0.25, 0.3) is 10.9 Å². The molecule has 0 saturated heterocycles. The number of aromatic nitrogens is 2. The molecule has 0 saturated carbocycles. The van der Waals surface area contributed by atoms with Crippen molar-refractivity contribution in [1.29, 1.82) is 0 Å². The van der Waals surface area contributed by atoms with Crippen LogP contribution in [0.2, 0.25) is 0 Å². The average molecular weight is 411 g/mol. The number of aromatic amines is 1. The number of methoxy groups -OCH3 is 1. The van der Waals surface area contributed by atoms with Gasteiger partial charge in [-0.05, 0) is 46.3 Å². The van der Waals surface area contributed by atoms with E-state index in [9.17, 15) is 0 Å². The highest BCUT2D eigenvalue weighted by atomic mass is 79.9. The Labute approximate surface area is 139 Å². The van der Waals surface area contributed by atoms with E-state index in [1.165, 1.54) is 0 Å². The van der Waals surface area contributed by atoms with Gasteiger partial charge in [0, 0.05) is 27.7 Å². The number of H-pyrrole nitrogens is 1. The van der Waals surface area contributed by atoms with Gasteiger partial charge < -0.3 is 10.1 Å². The van der Waals surface area contributed by atoms with Gasteiger partial charge in [0.2, 0.25) is 0 Å². The number of hydrogen-bond acceptors (Lipinski definition) is 3. The summed E-state index contributed by atoms with van der Waals surface area (Å²) in [4.78, 5) is 0. The molecule has 4 nitrogen and oxygen atoms in total. The minimum atomic E-state index is 0.671. The molecule has 1 aromatic heterocycles. The van der Waals surface area contributed by atoms with Gasteiger partial charge in [0.25, 0.3) is 0 Å². The Morgan fingerprint density at radius 2 is 2.10 bits per heavy atom. The number of fused-ring (bicyclic) bond motifs is 1. The fourth-order valence-electron chi connectivity index (χ4n) is 2.22. The number of rotatable bonds is 4. The average Bonchev–Trinajstić information content (AvgIpc) is 2.92. The summed E-state index contributed by atoms with van der Waals surface area (Å²) in [7, 11) is 1.68. The van der Waals surface area contributed by atoms with Crippen molar-refractivity contribution in [3.8, 4) is 5.75 Å². The van der Waals surface area contributed by atoms with Crippen molar-refractivity contribution < 1.29 is 4.74 Å². The third kappa shape index (κ3) is 3.06. The SMILES string of the molecule is COc1c(Br)cc(Br)cc1CNc1ccc2[nH]ncc2c1. The first kappa shape index (κ1) is 14.4. The van der Waals surface area contributed by atoms with Gasteiger partial charge in [-0.25, -0.2) is 0 Å². The van der Waals surface area contributed by atoms with Crippen molar-refractivity contribution in [2.45, 2.75) is 6.54 Å². The van der Waals surface area contributed by atoms with Gasteiger partial charge in [-0.1, -0.05) is 15.9 Å². The lowest BCUT2D eigenvalue weighted by Gasteiger charge is -2.13. The van der Waals surface area contributed by atoms with Gasteiger partial charge >= 0.3 is 0 Å². The molecule has 108 valence electrons. The first-order chi connectivity index (χ1) is 10.2. The van der Waals surface area contributed by atoms with Crippen molar-refractivity contribution in [2.24, 2.45) is 0 Å². The van der Waals surface area contributed by atoms with E-state index in [0.29, 0.717) is 6.54 Å². The number of benzene rings is 2. The minimum Gasteiger partial charge on any atom is -0.495 e. The maximum absolute atomic E-state index is 5.45. The molecule has 3 aromatic rings. The lowest BCUT2D eigenvalue weighted by molar-refractivity contribution is 0.407. The third-order valence-electron chi connectivity index (χ3n) is 3.21. The Balaban J connectivity index is 1.83. The van der Waals surface area contributed by atoms with Gasteiger partial charge in [-0.15, -0.1) is 0 Å². The number of halogens is 2. The van der Waals surface area contributed by atoms with Crippen LogP contribution in [0.15, 0.2) is 45.5 Å². The molecular weight excluding hydrogens is 398 g/mol. The summed E-state index contributed by atoms with van der Waals surface area (Å²) in [5.74, 6) is 0.843. The van der Waals surface area contributed by atoms with E-state index in [2.05, 4.69) is 53.4 Å². The molecule has 0 aliphatic heterocycles. The molecule has 21 heavy (non-hydrogen) atoms. The van der Waals surface area contributed by atoms with Crippen LogP contribution in [0, 0.1) is 0 Å². The predicted octanol–water partition coefficient (Wildman–Crippen LogP) is 4.71. The number of nitrogens with zero attached hydrogens (tertiary/aromatic N) is 1. The molecular formula is C15H13Br2N3O. The molecule has 0 unspecified atom stereocenters. The summed E-state index contributed by atoms with van der Waals surface area (Å²) < 4.78 is 7.40. The summed E-state index contributed by atoms with van der Waals surface area (Å²) in [6.07, 6.45) is 1.82. The summed E-state index contributed by atoms with van der Waals surface area (Å²) in [5.41, 5.74) is 3.15. The summed E-state index contributed by atoms with van der Waals surface area (Å²) in [6.45, 7) is 0.671. The molecule has 6 heteroatoms. The molecule has 0 amide bonds. The number of ether oxygens (including phenoxy) is 1. The van der Waals surface area contributed by atoms with E-state index in [0.717, 1.165) is 36.8 Å². The molecule has 1 heterocycles. The Kier molecular flexibility index (Phi) is 4.17. The molecule has 2 N–H and O–H groups in total. The van der Waals surface area contributed by atoms with Crippen LogP contribution < -0.4 is 10.1 Å². The smallest absolute Gasteiger partial charge is 0.138 e. The molecule has 0 bridgehead atoms. The number of anilines is 1. The summed E-state index contributed by atoms with van der Waals surface area (Å²) in [5, 5.41) is 11.5. The van der Waals surface area contributed by atoms with E-state index in [-0.39, 0.29) is 0 Å². The minimum absolute atomic E-state index is 0.671. The Morgan fingerprint density at radius 1 is 1.24 bits per heavy atom. The van der Waals surface area contributed by atoms with Crippen molar-refractivity contribution in [3.05, 3.63) is 51.0 Å². The van der Waals surface area contributed by atoms with E-state index < -0.39 is 0 Å². The van der Waals surface area contributed by atoms with Crippen LogP contribution in [0.1, 0.15) is 5.56 Å². The fourth-order valence-corrected chi connectivity index (χ4v) is 3.70. The first-order valence-corrected chi connectivity index (χ1v) is 7.95. The van der Waals surface area contributed by atoms with Crippen molar-refractivity contribution >= 4 is 48.5 Å². The van der Waals surface area contributed by atoms with Crippen LogP contribution in [0.3, 0.4) is 0 Å². The third-order valence-corrected chi connectivity index (χ3v) is 4.26. The molecule has 0 radical (unpaired) electrons. The van der Waals surface area contributed by atoms with Crippen LogP contribution in [-0.4, -0.2) is 17.3 Å². The molecule has 0 atom stereocenters. The predicted molar refractivity (Wildman–Crippen MR) is 91.8 cm³/mol. The van der Waals surface area contributed by atoms with Gasteiger partial charge in [-0.3, -0.25) is 5.10 Å². The fraction of sp³-hybridized carbons (Fsp3) is 0.133. The van der Waals surface area contributed by atoms with Gasteiger partial charge in [0.1, 0.15) is 5.75 Å². The molecule has 0 fully saturated rings. The Morgan fingerprint density at radius 3 is 2.90 bits per heavy atom. The maximum Gasteiger partial charge on any atom is 0.138 e. The second-order valence-electron chi connectivity index (χ2n) is 4.61. The highest BCUT2D eigenvalue weighted by molar-refractivity contribution is 9.11. The largest absolute Gasteiger partial charge is 0.495 e. The zero-order valence-electron chi connectivity index (χ0n) is 11.3. The molecule has 0 aliphatic rings. The number of hydrogen-bond donors (Lipinski definition) is 2. The number of nitrogens with one attached hydrogen (secondary N) is 2. The Hall–Kier alpha value is -1.53. The van der Waals surface area contributed by atoms with E-state index in [4.69, 9.17) is 4.74 Å². The lowest BCUT2D eigenvalue weighted by atomic mass is 10.2. The highest BCUT2D eigenvalue weighted by Gasteiger charge is 2.09. The van der Waals surface area contributed by atoms with Gasteiger partial charge in [-0.2, -0.15) is 5.10 Å². The summed E-state index contributed by atoms with van der Waals surface area (Å²) >= 11 is 7.02. The van der Waals surface area contributed by atoms with E-state index in [1.54, 1.807) is 7.11 Å². The quantitative estimate of drug-likeness (QED) is 0.654. The van der Waals surface area contributed by atoms with Gasteiger partial charge in [0.05, 0.1) is 23.3 Å². The van der Waals surface area contributed by atoms with Gasteiger partial charge in [0.15, 0.2) is 0 Å². The first-order valence-electron chi connectivity index (χ1n) is 6.36. The zero-order chi connectivity index (χ0) is 14.8. The van der Waals surface area contributed by atoms with Crippen LogP contribution in [0.5, 0.6) is 5.75 Å². The van der Waals surface area contributed by atoms with E-state index >= 15 is 0 Å². The topological polar surface area (TPSA) is 49.9 Å².